The molecule has 15 heavy (non-hydrogen) atoms. The van der Waals surface area contributed by atoms with E-state index in [1.165, 1.54) is 16.7 Å². The average molecular weight is 269 g/mol. The van der Waals surface area contributed by atoms with E-state index in [0.29, 0.717) is 4.83 Å². The molecule has 0 radical (unpaired) electrons. The van der Waals surface area contributed by atoms with Gasteiger partial charge >= 0.3 is 0 Å². The second-order valence-corrected chi connectivity index (χ2v) is 6.14. The molecule has 82 valence electrons. The summed E-state index contributed by atoms with van der Waals surface area (Å²) in [7, 11) is 0. The van der Waals surface area contributed by atoms with Crippen LogP contribution in [0.1, 0.15) is 41.8 Å². The molecule has 0 fully saturated rings. The summed E-state index contributed by atoms with van der Waals surface area (Å²) in [6, 6.07) is 4.40. The van der Waals surface area contributed by atoms with Crippen molar-refractivity contribution in [3.8, 4) is 5.75 Å². The Hall–Kier alpha value is -0.500. The molecule has 1 aromatic carbocycles. The molecule has 0 aromatic heterocycles. The van der Waals surface area contributed by atoms with Crippen LogP contribution >= 0.6 is 15.9 Å². The Morgan fingerprint density at radius 1 is 1.33 bits per heavy atom. The normalized spacial score (nSPS) is 23.1. The van der Waals surface area contributed by atoms with E-state index >= 15 is 0 Å². The van der Waals surface area contributed by atoms with Crippen LogP contribution in [0.15, 0.2) is 12.1 Å². The molecule has 1 aliphatic rings. The predicted octanol–water partition coefficient (Wildman–Crippen LogP) is 4.30. The lowest BCUT2D eigenvalue weighted by molar-refractivity contribution is 0.0832. The standard InChI is InChI=1S/C13H17BrO/c1-8-5-9(2)12-10(6-8)11(14)7-13(3,4)15-12/h5-6,11H,7H2,1-4H3. The summed E-state index contributed by atoms with van der Waals surface area (Å²) in [4.78, 5) is 0.412. The molecular weight excluding hydrogens is 252 g/mol. The van der Waals surface area contributed by atoms with E-state index < -0.39 is 0 Å². The molecule has 0 saturated carbocycles. The third kappa shape index (κ3) is 2.05. The lowest BCUT2D eigenvalue weighted by Gasteiger charge is -2.36. The highest BCUT2D eigenvalue weighted by Crippen LogP contribution is 2.45. The van der Waals surface area contributed by atoms with Gasteiger partial charge in [0.05, 0.1) is 0 Å². The van der Waals surface area contributed by atoms with Gasteiger partial charge in [0, 0.05) is 16.8 Å². The molecule has 1 heterocycles. The van der Waals surface area contributed by atoms with Crippen LogP contribution in [0.25, 0.3) is 0 Å². The minimum absolute atomic E-state index is 0.0683. The van der Waals surface area contributed by atoms with Gasteiger partial charge in [-0.25, -0.2) is 0 Å². The van der Waals surface area contributed by atoms with Crippen LogP contribution in [-0.2, 0) is 0 Å². The molecule has 0 spiro atoms. The van der Waals surface area contributed by atoms with Gasteiger partial charge in [-0.3, -0.25) is 0 Å². The molecule has 0 bridgehead atoms. The van der Waals surface area contributed by atoms with Gasteiger partial charge < -0.3 is 4.74 Å². The Balaban J connectivity index is 2.55. The van der Waals surface area contributed by atoms with Gasteiger partial charge in [0.15, 0.2) is 0 Å². The molecular formula is C13H17BrO. The van der Waals surface area contributed by atoms with Gasteiger partial charge in [0.2, 0.25) is 0 Å². The van der Waals surface area contributed by atoms with Crippen molar-refractivity contribution < 1.29 is 4.74 Å². The number of fused-ring (bicyclic) bond motifs is 1. The first-order valence-corrected chi connectivity index (χ1v) is 6.25. The van der Waals surface area contributed by atoms with Crippen molar-refractivity contribution in [2.45, 2.75) is 44.5 Å². The average Bonchev–Trinajstić information content (AvgIpc) is 2.06. The van der Waals surface area contributed by atoms with Crippen LogP contribution in [0.5, 0.6) is 5.75 Å². The molecule has 0 amide bonds. The Morgan fingerprint density at radius 2 is 2.00 bits per heavy atom. The minimum Gasteiger partial charge on any atom is -0.487 e. The predicted molar refractivity (Wildman–Crippen MR) is 66.9 cm³/mol. The number of ether oxygens (including phenoxy) is 1. The van der Waals surface area contributed by atoms with E-state index in [4.69, 9.17) is 4.74 Å². The lowest BCUT2D eigenvalue weighted by atomic mass is 9.92. The van der Waals surface area contributed by atoms with E-state index in [1.54, 1.807) is 0 Å². The summed E-state index contributed by atoms with van der Waals surface area (Å²) < 4.78 is 6.05. The quantitative estimate of drug-likeness (QED) is 0.638. The largest absolute Gasteiger partial charge is 0.487 e. The monoisotopic (exact) mass is 268 g/mol. The zero-order valence-electron chi connectivity index (χ0n) is 9.73. The molecule has 2 rings (SSSR count). The fraction of sp³-hybridized carbons (Fsp3) is 0.538. The van der Waals surface area contributed by atoms with E-state index in [-0.39, 0.29) is 5.60 Å². The minimum atomic E-state index is -0.0683. The molecule has 0 saturated heterocycles. The van der Waals surface area contributed by atoms with E-state index in [9.17, 15) is 0 Å². The summed E-state index contributed by atoms with van der Waals surface area (Å²) >= 11 is 3.75. The van der Waals surface area contributed by atoms with Crippen LogP contribution in [0.4, 0.5) is 0 Å². The second kappa shape index (κ2) is 3.51. The smallest absolute Gasteiger partial charge is 0.127 e. The topological polar surface area (TPSA) is 9.23 Å². The van der Waals surface area contributed by atoms with Crippen molar-refractivity contribution in [2.24, 2.45) is 0 Å². The van der Waals surface area contributed by atoms with Crippen molar-refractivity contribution in [1.29, 1.82) is 0 Å². The zero-order chi connectivity index (χ0) is 11.2. The van der Waals surface area contributed by atoms with Gasteiger partial charge in [0.1, 0.15) is 11.4 Å². The number of hydrogen-bond acceptors (Lipinski definition) is 1. The number of aryl methyl sites for hydroxylation is 2. The number of hydrogen-bond donors (Lipinski definition) is 0. The molecule has 1 aromatic rings. The summed E-state index contributed by atoms with van der Waals surface area (Å²) in [5.41, 5.74) is 3.77. The van der Waals surface area contributed by atoms with E-state index in [0.717, 1.165) is 12.2 Å². The van der Waals surface area contributed by atoms with Gasteiger partial charge in [-0.1, -0.05) is 33.6 Å². The third-order valence-corrected chi connectivity index (χ3v) is 3.65. The van der Waals surface area contributed by atoms with Crippen molar-refractivity contribution >= 4 is 15.9 Å². The maximum absolute atomic E-state index is 6.05. The highest BCUT2D eigenvalue weighted by Gasteiger charge is 2.33. The first-order chi connectivity index (χ1) is 6.89. The summed E-state index contributed by atoms with van der Waals surface area (Å²) in [5, 5.41) is 0. The number of halogens is 1. The van der Waals surface area contributed by atoms with Gasteiger partial charge in [-0.2, -0.15) is 0 Å². The first kappa shape index (κ1) is 11.0. The fourth-order valence-corrected chi connectivity index (χ4v) is 3.34. The molecule has 1 aliphatic heterocycles. The van der Waals surface area contributed by atoms with Crippen LogP contribution < -0.4 is 4.74 Å². The van der Waals surface area contributed by atoms with Crippen LogP contribution in [0.3, 0.4) is 0 Å². The van der Waals surface area contributed by atoms with Crippen molar-refractivity contribution in [3.63, 3.8) is 0 Å². The van der Waals surface area contributed by atoms with E-state index in [1.807, 2.05) is 0 Å². The highest BCUT2D eigenvalue weighted by atomic mass is 79.9. The Kier molecular flexibility index (Phi) is 2.58. The van der Waals surface area contributed by atoms with E-state index in [2.05, 4.69) is 55.8 Å². The molecule has 0 aliphatic carbocycles. The number of rotatable bonds is 0. The summed E-state index contributed by atoms with van der Waals surface area (Å²) in [5.74, 6) is 1.07. The van der Waals surface area contributed by atoms with Gasteiger partial charge in [-0.15, -0.1) is 0 Å². The van der Waals surface area contributed by atoms with Crippen LogP contribution in [0.2, 0.25) is 0 Å². The maximum atomic E-state index is 6.05. The van der Waals surface area contributed by atoms with Crippen molar-refractivity contribution in [1.82, 2.24) is 0 Å². The second-order valence-electron chi connectivity index (χ2n) is 5.03. The maximum Gasteiger partial charge on any atom is 0.127 e. The number of benzene rings is 1. The molecule has 0 N–H and O–H groups in total. The third-order valence-electron chi connectivity index (χ3n) is 2.83. The first-order valence-electron chi connectivity index (χ1n) is 5.33. The Morgan fingerprint density at radius 3 is 2.67 bits per heavy atom. The molecule has 2 heteroatoms. The molecule has 1 atom stereocenters. The molecule has 1 nitrogen and oxygen atoms in total. The van der Waals surface area contributed by atoms with Crippen LogP contribution in [0, 0.1) is 13.8 Å². The zero-order valence-corrected chi connectivity index (χ0v) is 11.3. The summed E-state index contributed by atoms with van der Waals surface area (Å²) in [6.07, 6.45) is 1.02. The van der Waals surface area contributed by atoms with Gasteiger partial charge in [0.25, 0.3) is 0 Å². The highest BCUT2D eigenvalue weighted by molar-refractivity contribution is 9.09. The number of alkyl halides is 1. The van der Waals surface area contributed by atoms with Crippen molar-refractivity contribution in [2.75, 3.05) is 0 Å². The Bertz CT molecular complexity index is 396. The van der Waals surface area contributed by atoms with Crippen molar-refractivity contribution in [3.05, 3.63) is 28.8 Å². The molecule has 1 unspecified atom stereocenters. The fourth-order valence-electron chi connectivity index (χ4n) is 2.22. The SMILES string of the molecule is Cc1cc(C)c2c(c1)C(Br)CC(C)(C)O2. The van der Waals surface area contributed by atoms with Gasteiger partial charge in [-0.05, 0) is 33.3 Å². The Labute approximate surface area is 100.0 Å². The summed E-state index contributed by atoms with van der Waals surface area (Å²) in [6.45, 7) is 8.53. The van der Waals surface area contributed by atoms with Crippen LogP contribution in [-0.4, -0.2) is 5.60 Å². The lowest BCUT2D eigenvalue weighted by Crippen LogP contribution is -2.33.